The third-order valence-electron chi connectivity index (χ3n) is 2.06. The van der Waals surface area contributed by atoms with Crippen molar-refractivity contribution in [2.45, 2.75) is 26.2 Å². The topological polar surface area (TPSA) is 63.4 Å². The predicted octanol–water partition coefficient (Wildman–Crippen LogP) is 2.64. The van der Waals surface area contributed by atoms with E-state index >= 15 is 0 Å². The molecule has 0 aliphatic heterocycles. The summed E-state index contributed by atoms with van der Waals surface area (Å²) in [5, 5.41) is 19.7. The summed E-state index contributed by atoms with van der Waals surface area (Å²) >= 11 is 0. The Morgan fingerprint density at radius 1 is 1.50 bits per heavy atom. The van der Waals surface area contributed by atoms with Crippen LogP contribution in [0.4, 0.5) is 5.69 Å². The zero-order chi connectivity index (χ0) is 10.6. The fraction of sp³-hybridized carbons (Fsp3) is 0.400. The quantitative estimate of drug-likeness (QED) is 0.593. The summed E-state index contributed by atoms with van der Waals surface area (Å²) in [5.41, 5.74) is 0.690. The molecule has 76 valence electrons. The van der Waals surface area contributed by atoms with Crippen LogP contribution in [0, 0.1) is 10.1 Å². The Labute approximate surface area is 82.3 Å². The van der Waals surface area contributed by atoms with Gasteiger partial charge in [-0.3, -0.25) is 10.1 Å². The van der Waals surface area contributed by atoms with Crippen molar-refractivity contribution in [2.75, 3.05) is 0 Å². The van der Waals surface area contributed by atoms with Gasteiger partial charge in [-0.05, 0) is 24.5 Å². The highest BCUT2D eigenvalue weighted by atomic mass is 16.6. The van der Waals surface area contributed by atoms with Gasteiger partial charge in [0.05, 0.1) is 4.92 Å². The number of hydrogen-bond donors (Lipinski definition) is 1. The van der Waals surface area contributed by atoms with Crippen LogP contribution in [-0.4, -0.2) is 10.0 Å². The number of nitro groups is 1. The Bertz CT molecular complexity index is 336. The normalized spacial score (nSPS) is 10.1. The van der Waals surface area contributed by atoms with E-state index in [1.165, 1.54) is 12.1 Å². The second-order valence-electron chi connectivity index (χ2n) is 3.18. The summed E-state index contributed by atoms with van der Waals surface area (Å²) in [6.45, 7) is 2.06. The van der Waals surface area contributed by atoms with Crippen molar-refractivity contribution in [2.24, 2.45) is 0 Å². The van der Waals surface area contributed by atoms with E-state index < -0.39 is 4.92 Å². The van der Waals surface area contributed by atoms with Crippen molar-refractivity contribution >= 4 is 5.69 Å². The highest BCUT2D eigenvalue weighted by Gasteiger charge is 2.12. The van der Waals surface area contributed by atoms with Crippen LogP contribution in [0.5, 0.6) is 5.75 Å². The third kappa shape index (κ3) is 2.45. The minimum Gasteiger partial charge on any atom is -0.502 e. The van der Waals surface area contributed by atoms with Crippen LogP contribution in [0.15, 0.2) is 18.2 Å². The van der Waals surface area contributed by atoms with Crippen LogP contribution in [0.1, 0.15) is 25.3 Å². The Morgan fingerprint density at radius 3 is 2.79 bits per heavy atom. The summed E-state index contributed by atoms with van der Waals surface area (Å²) < 4.78 is 0. The Hall–Kier alpha value is -1.58. The van der Waals surface area contributed by atoms with Crippen LogP contribution in [0.3, 0.4) is 0 Å². The van der Waals surface area contributed by atoms with Gasteiger partial charge in [-0.25, -0.2) is 0 Å². The van der Waals surface area contributed by atoms with Gasteiger partial charge in [0.25, 0.3) is 0 Å². The molecule has 4 nitrogen and oxygen atoms in total. The SMILES string of the molecule is CCCCc1ccc(O)c([N+](=O)[O-])c1. The van der Waals surface area contributed by atoms with Gasteiger partial charge in [0.15, 0.2) is 5.75 Å². The van der Waals surface area contributed by atoms with E-state index in [0.29, 0.717) is 0 Å². The number of nitro benzene ring substituents is 1. The predicted molar refractivity (Wildman–Crippen MR) is 53.4 cm³/mol. The van der Waals surface area contributed by atoms with Crippen molar-refractivity contribution < 1.29 is 10.0 Å². The summed E-state index contributed by atoms with van der Waals surface area (Å²) in [4.78, 5) is 9.93. The van der Waals surface area contributed by atoms with E-state index in [4.69, 9.17) is 0 Å². The average Bonchev–Trinajstić information content (AvgIpc) is 2.16. The maximum absolute atomic E-state index is 10.5. The first-order valence-electron chi connectivity index (χ1n) is 4.61. The number of benzene rings is 1. The number of phenolic OH excluding ortho intramolecular Hbond substituents is 1. The molecule has 14 heavy (non-hydrogen) atoms. The fourth-order valence-corrected chi connectivity index (χ4v) is 1.25. The van der Waals surface area contributed by atoms with Crippen molar-refractivity contribution in [3.8, 4) is 5.75 Å². The molecule has 0 atom stereocenters. The van der Waals surface area contributed by atoms with E-state index in [0.717, 1.165) is 24.8 Å². The monoisotopic (exact) mass is 195 g/mol. The maximum Gasteiger partial charge on any atom is 0.310 e. The number of phenols is 1. The molecule has 1 N–H and O–H groups in total. The lowest BCUT2D eigenvalue weighted by Gasteiger charge is -2.00. The number of nitrogens with zero attached hydrogens (tertiary/aromatic N) is 1. The molecule has 0 heterocycles. The molecule has 1 aromatic carbocycles. The largest absolute Gasteiger partial charge is 0.502 e. The van der Waals surface area contributed by atoms with Gasteiger partial charge in [-0.2, -0.15) is 0 Å². The first-order valence-corrected chi connectivity index (χ1v) is 4.61. The number of aromatic hydroxyl groups is 1. The Morgan fingerprint density at radius 2 is 2.21 bits per heavy atom. The second kappa shape index (κ2) is 4.60. The van der Waals surface area contributed by atoms with Crippen molar-refractivity contribution in [3.63, 3.8) is 0 Å². The molecule has 1 rings (SSSR count). The van der Waals surface area contributed by atoms with Gasteiger partial charge < -0.3 is 5.11 Å². The highest BCUT2D eigenvalue weighted by Crippen LogP contribution is 2.26. The maximum atomic E-state index is 10.5. The smallest absolute Gasteiger partial charge is 0.310 e. The number of aryl methyl sites for hydroxylation is 1. The number of unbranched alkanes of at least 4 members (excludes halogenated alkanes) is 1. The van der Waals surface area contributed by atoms with Gasteiger partial charge in [0.2, 0.25) is 0 Å². The number of hydrogen-bond acceptors (Lipinski definition) is 3. The Balaban J connectivity index is 2.89. The molecule has 0 amide bonds. The van der Waals surface area contributed by atoms with E-state index in [1.54, 1.807) is 6.07 Å². The summed E-state index contributed by atoms with van der Waals surface area (Å²) in [6.07, 6.45) is 2.87. The second-order valence-corrected chi connectivity index (χ2v) is 3.18. The molecule has 0 aliphatic rings. The summed E-state index contributed by atoms with van der Waals surface area (Å²) in [6, 6.07) is 4.53. The molecule has 0 saturated carbocycles. The lowest BCUT2D eigenvalue weighted by molar-refractivity contribution is -0.385. The van der Waals surface area contributed by atoms with Gasteiger partial charge in [0, 0.05) is 6.07 Å². The standard InChI is InChI=1S/C10H13NO3/c1-2-3-4-8-5-6-10(12)9(7-8)11(13)14/h5-7,12H,2-4H2,1H3. The van der Waals surface area contributed by atoms with Gasteiger partial charge in [-0.15, -0.1) is 0 Å². The summed E-state index contributed by atoms with van der Waals surface area (Å²) in [5.74, 6) is -0.268. The molecule has 0 unspecified atom stereocenters. The van der Waals surface area contributed by atoms with Crippen LogP contribution in [0.2, 0.25) is 0 Å². The molecule has 0 spiro atoms. The molecule has 0 bridgehead atoms. The molecule has 0 radical (unpaired) electrons. The third-order valence-corrected chi connectivity index (χ3v) is 2.06. The molecular weight excluding hydrogens is 182 g/mol. The molecule has 1 aromatic rings. The van der Waals surface area contributed by atoms with E-state index in [2.05, 4.69) is 6.92 Å². The van der Waals surface area contributed by atoms with E-state index in [9.17, 15) is 15.2 Å². The fourth-order valence-electron chi connectivity index (χ4n) is 1.25. The number of rotatable bonds is 4. The van der Waals surface area contributed by atoms with E-state index in [1.807, 2.05) is 0 Å². The molecule has 0 fully saturated rings. The van der Waals surface area contributed by atoms with Crippen molar-refractivity contribution in [1.82, 2.24) is 0 Å². The summed E-state index contributed by atoms with van der Waals surface area (Å²) in [7, 11) is 0. The molecular formula is C10H13NO3. The zero-order valence-corrected chi connectivity index (χ0v) is 8.06. The molecule has 4 heteroatoms. The van der Waals surface area contributed by atoms with Crippen LogP contribution < -0.4 is 0 Å². The molecule has 0 aliphatic carbocycles. The van der Waals surface area contributed by atoms with Crippen molar-refractivity contribution in [3.05, 3.63) is 33.9 Å². The van der Waals surface area contributed by atoms with Crippen LogP contribution in [0.25, 0.3) is 0 Å². The van der Waals surface area contributed by atoms with Crippen LogP contribution in [-0.2, 0) is 6.42 Å². The van der Waals surface area contributed by atoms with Crippen LogP contribution >= 0.6 is 0 Å². The first kappa shape index (κ1) is 10.5. The lowest BCUT2D eigenvalue weighted by Crippen LogP contribution is -1.91. The van der Waals surface area contributed by atoms with Crippen molar-refractivity contribution in [1.29, 1.82) is 0 Å². The Kier molecular flexibility index (Phi) is 3.45. The minimum atomic E-state index is -0.565. The lowest BCUT2D eigenvalue weighted by atomic mass is 10.1. The zero-order valence-electron chi connectivity index (χ0n) is 8.06. The highest BCUT2D eigenvalue weighted by molar-refractivity contribution is 5.47. The molecule has 0 saturated heterocycles. The average molecular weight is 195 g/mol. The minimum absolute atomic E-state index is 0.210. The first-order chi connectivity index (χ1) is 6.65. The molecule has 0 aromatic heterocycles. The van der Waals surface area contributed by atoms with Gasteiger partial charge in [0.1, 0.15) is 0 Å². The van der Waals surface area contributed by atoms with Gasteiger partial charge >= 0.3 is 5.69 Å². The van der Waals surface area contributed by atoms with Gasteiger partial charge in [-0.1, -0.05) is 19.4 Å². The van der Waals surface area contributed by atoms with E-state index in [-0.39, 0.29) is 11.4 Å².